The molecule has 1 unspecified atom stereocenters. The Kier molecular flexibility index (Phi) is 3.74. The molecule has 3 rings (SSSR count). The highest BCUT2D eigenvalue weighted by Crippen LogP contribution is 2.34. The first-order valence-corrected chi connectivity index (χ1v) is 7.48. The standard InChI is InChI=1S/C16H13ClFNS/c1-19-16(11-3-2-4-12(17)7-11)15-8-10-5-6-13(18)9-14(10)20-15/h2-9,16,19H,1H3. The molecule has 0 fully saturated rings. The zero-order valence-corrected chi connectivity index (χ0v) is 12.4. The molecule has 0 saturated carbocycles. The predicted octanol–water partition coefficient (Wildman–Crippen LogP) is 5.00. The van der Waals surface area contributed by atoms with Crippen molar-refractivity contribution in [3.8, 4) is 0 Å². The Balaban J connectivity index is 2.07. The molecule has 20 heavy (non-hydrogen) atoms. The van der Waals surface area contributed by atoms with E-state index in [1.165, 1.54) is 6.07 Å². The minimum atomic E-state index is -0.199. The molecular weight excluding hydrogens is 293 g/mol. The average Bonchev–Trinajstić information content (AvgIpc) is 2.82. The second kappa shape index (κ2) is 5.52. The lowest BCUT2D eigenvalue weighted by atomic mass is 10.1. The topological polar surface area (TPSA) is 12.0 Å². The molecule has 0 saturated heterocycles. The minimum Gasteiger partial charge on any atom is -0.309 e. The van der Waals surface area contributed by atoms with Gasteiger partial charge in [0, 0.05) is 14.6 Å². The van der Waals surface area contributed by atoms with Gasteiger partial charge in [-0.1, -0.05) is 29.8 Å². The second-order valence-electron chi connectivity index (χ2n) is 4.61. The van der Waals surface area contributed by atoms with E-state index >= 15 is 0 Å². The maximum atomic E-state index is 13.3. The van der Waals surface area contributed by atoms with Crippen molar-refractivity contribution in [3.63, 3.8) is 0 Å². The highest BCUT2D eigenvalue weighted by Gasteiger charge is 2.15. The van der Waals surface area contributed by atoms with Gasteiger partial charge in [0.05, 0.1) is 6.04 Å². The van der Waals surface area contributed by atoms with E-state index in [2.05, 4.69) is 11.4 Å². The van der Waals surface area contributed by atoms with Gasteiger partial charge in [0.15, 0.2) is 0 Å². The monoisotopic (exact) mass is 305 g/mol. The zero-order chi connectivity index (χ0) is 14.1. The van der Waals surface area contributed by atoms with E-state index in [0.29, 0.717) is 0 Å². The van der Waals surface area contributed by atoms with Gasteiger partial charge in [0.2, 0.25) is 0 Å². The minimum absolute atomic E-state index is 0.0640. The molecule has 0 spiro atoms. The van der Waals surface area contributed by atoms with Crippen molar-refractivity contribution in [2.45, 2.75) is 6.04 Å². The number of hydrogen-bond donors (Lipinski definition) is 1. The Morgan fingerprint density at radius 2 is 2.00 bits per heavy atom. The highest BCUT2D eigenvalue weighted by molar-refractivity contribution is 7.19. The summed E-state index contributed by atoms with van der Waals surface area (Å²) >= 11 is 7.66. The first-order valence-electron chi connectivity index (χ1n) is 6.29. The number of thiophene rings is 1. The van der Waals surface area contributed by atoms with Gasteiger partial charge in [0.25, 0.3) is 0 Å². The van der Waals surface area contributed by atoms with Crippen molar-refractivity contribution in [2.24, 2.45) is 0 Å². The van der Waals surface area contributed by atoms with Gasteiger partial charge in [-0.15, -0.1) is 11.3 Å². The molecule has 0 aliphatic heterocycles. The van der Waals surface area contributed by atoms with E-state index in [0.717, 1.165) is 25.5 Å². The van der Waals surface area contributed by atoms with E-state index in [-0.39, 0.29) is 11.9 Å². The first kappa shape index (κ1) is 13.6. The summed E-state index contributed by atoms with van der Waals surface area (Å²) in [5.41, 5.74) is 1.10. The molecule has 0 aliphatic rings. The van der Waals surface area contributed by atoms with Gasteiger partial charge < -0.3 is 5.32 Å². The molecule has 4 heteroatoms. The lowest BCUT2D eigenvalue weighted by molar-refractivity contribution is 0.630. The van der Waals surface area contributed by atoms with Crippen molar-refractivity contribution >= 4 is 33.0 Å². The van der Waals surface area contributed by atoms with Crippen LogP contribution >= 0.6 is 22.9 Å². The van der Waals surface area contributed by atoms with Crippen LogP contribution in [0.4, 0.5) is 4.39 Å². The normalized spacial score (nSPS) is 12.8. The van der Waals surface area contributed by atoms with Crippen LogP contribution in [0.2, 0.25) is 5.02 Å². The van der Waals surface area contributed by atoms with Crippen molar-refractivity contribution in [2.75, 3.05) is 7.05 Å². The Morgan fingerprint density at radius 1 is 1.15 bits per heavy atom. The molecule has 0 aliphatic carbocycles. The van der Waals surface area contributed by atoms with Crippen LogP contribution in [0.3, 0.4) is 0 Å². The van der Waals surface area contributed by atoms with Crippen molar-refractivity contribution in [3.05, 3.63) is 69.8 Å². The summed E-state index contributed by atoms with van der Waals surface area (Å²) in [7, 11) is 1.91. The highest BCUT2D eigenvalue weighted by atomic mass is 35.5. The largest absolute Gasteiger partial charge is 0.309 e. The summed E-state index contributed by atoms with van der Waals surface area (Å²) in [5.74, 6) is -0.199. The maximum Gasteiger partial charge on any atom is 0.124 e. The van der Waals surface area contributed by atoms with E-state index < -0.39 is 0 Å². The molecule has 0 amide bonds. The molecule has 102 valence electrons. The molecule has 2 aromatic carbocycles. The maximum absolute atomic E-state index is 13.3. The van der Waals surface area contributed by atoms with E-state index in [9.17, 15) is 4.39 Å². The zero-order valence-electron chi connectivity index (χ0n) is 10.9. The van der Waals surface area contributed by atoms with E-state index in [1.807, 2.05) is 37.4 Å². The van der Waals surface area contributed by atoms with Gasteiger partial charge in [-0.05, 0) is 48.3 Å². The SMILES string of the molecule is CNC(c1cccc(Cl)c1)c1cc2ccc(F)cc2s1. The van der Waals surface area contributed by atoms with Crippen LogP contribution in [0.5, 0.6) is 0 Å². The smallest absolute Gasteiger partial charge is 0.124 e. The molecular formula is C16H13ClFNS. The molecule has 3 aromatic rings. The van der Waals surface area contributed by atoms with E-state index in [1.54, 1.807) is 17.4 Å². The van der Waals surface area contributed by atoms with Crippen LogP contribution in [-0.2, 0) is 0 Å². The molecule has 1 heterocycles. The first-order chi connectivity index (χ1) is 9.67. The van der Waals surface area contributed by atoms with Crippen LogP contribution in [0.15, 0.2) is 48.5 Å². The Bertz CT molecular complexity index is 753. The van der Waals surface area contributed by atoms with Crippen LogP contribution in [0, 0.1) is 5.82 Å². The summed E-state index contributed by atoms with van der Waals surface area (Å²) in [6.45, 7) is 0. The molecule has 1 atom stereocenters. The van der Waals surface area contributed by atoms with Gasteiger partial charge in [0.1, 0.15) is 5.82 Å². The molecule has 0 bridgehead atoms. The molecule has 1 nitrogen and oxygen atoms in total. The number of fused-ring (bicyclic) bond motifs is 1. The number of nitrogens with one attached hydrogen (secondary N) is 1. The van der Waals surface area contributed by atoms with Crippen molar-refractivity contribution in [1.29, 1.82) is 0 Å². The number of benzene rings is 2. The number of halogens is 2. The summed E-state index contributed by atoms with van der Waals surface area (Å²) in [6.07, 6.45) is 0. The lowest BCUT2D eigenvalue weighted by Crippen LogP contribution is -2.16. The predicted molar refractivity (Wildman–Crippen MR) is 84.1 cm³/mol. The molecule has 1 aromatic heterocycles. The summed E-state index contributed by atoms with van der Waals surface area (Å²) in [6, 6.07) is 14.8. The van der Waals surface area contributed by atoms with Gasteiger partial charge >= 0.3 is 0 Å². The van der Waals surface area contributed by atoms with Gasteiger partial charge in [-0.2, -0.15) is 0 Å². The van der Waals surface area contributed by atoms with Crippen LogP contribution in [0.1, 0.15) is 16.5 Å². The van der Waals surface area contributed by atoms with Gasteiger partial charge in [-0.3, -0.25) is 0 Å². The van der Waals surface area contributed by atoms with Crippen LogP contribution in [0.25, 0.3) is 10.1 Å². The summed E-state index contributed by atoms with van der Waals surface area (Å²) in [4.78, 5) is 1.15. The summed E-state index contributed by atoms with van der Waals surface area (Å²) < 4.78 is 14.2. The number of hydrogen-bond acceptors (Lipinski definition) is 2. The molecule has 1 N–H and O–H groups in total. The fourth-order valence-corrected chi connectivity index (χ4v) is 3.75. The third kappa shape index (κ3) is 2.57. The fraction of sp³-hybridized carbons (Fsp3) is 0.125. The van der Waals surface area contributed by atoms with Crippen molar-refractivity contribution < 1.29 is 4.39 Å². The average molecular weight is 306 g/mol. The Morgan fingerprint density at radius 3 is 2.75 bits per heavy atom. The van der Waals surface area contributed by atoms with Crippen LogP contribution in [-0.4, -0.2) is 7.05 Å². The quantitative estimate of drug-likeness (QED) is 0.718. The Labute approximate surface area is 126 Å². The fourth-order valence-electron chi connectivity index (χ4n) is 2.33. The third-order valence-corrected chi connectivity index (χ3v) is 4.65. The van der Waals surface area contributed by atoms with Gasteiger partial charge in [-0.25, -0.2) is 4.39 Å². The van der Waals surface area contributed by atoms with Crippen LogP contribution < -0.4 is 5.32 Å². The summed E-state index contributed by atoms with van der Waals surface area (Å²) in [5, 5.41) is 5.08. The molecule has 0 radical (unpaired) electrons. The van der Waals surface area contributed by atoms with E-state index in [4.69, 9.17) is 11.6 Å². The second-order valence-corrected chi connectivity index (χ2v) is 6.16. The van der Waals surface area contributed by atoms with Crippen molar-refractivity contribution in [1.82, 2.24) is 5.32 Å². The Hall–Kier alpha value is -1.42. The lowest BCUT2D eigenvalue weighted by Gasteiger charge is -2.15. The third-order valence-electron chi connectivity index (χ3n) is 3.26. The number of rotatable bonds is 3.